The Labute approximate surface area is 72.9 Å². The van der Waals surface area contributed by atoms with Gasteiger partial charge >= 0.3 is 5.97 Å². The van der Waals surface area contributed by atoms with Crippen LogP contribution in [-0.2, 0) is 9.53 Å². The van der Waals surface area contributed by atoms with Crippen molar-refractivity contribution in [3.63, 3.8) is 0 Å². The molecule has 0 aromatic carbocycles. The predicted octanol–water partition coefficient (Wildman–Crippen LogP) is 2.35. The molecule has 0 unspecified atom stereocenters. The highest BCUT2D eigenvalue weighted by atomic mass is 35.5. The molecule has 0 amide bonds. The number of unbranched alkanes of at least 4 members (excludes halogenated alkanes) is 1. The SMILES string of the molecule is CC(=O)O[C@@H](C)CCCCCl. The molecule has 0 spiro atoms. The summed E-state index contributed by atoms with van der Waals surface area (Å²) in [5.74, 6) is 0.482. The minimum Gasteiger partial charge on any atom is -0.463 e. The first-order valence-corrected chi connectivity index (χ1v) is 4.43. The van der Waals surface area contributed by atoms with Crippen LogP contribution < -0.4 is 0 Å². The van der Waals surface area contributed by atoms with Gasteiger partial charge in [0.25, 0.3) is 0 Å². The lowest BCUT2D eigenvalue weighted by molar-refractivity contribution is -0.145. The zero-order chi connectivity index (χ0) is 8.69. The molecule has 0 aliphatic carbocycles. The summed E-state index contributed by atoms with van der Waals surface area (Å²) in [6.07, 6.45) is 2.97. The van der Waals surface area contributed by atoms with Crippen molar-refractivity contribution in [2.75, 3.05) is 5.88 Å². The second-order valence-electron chi connectivity index (χ2n) is 2.60. The monoisotopic (exact) mass is 178 g/mol. The lowest BCUT2D eigenvalue weighted by Gasteiger charge is -2.10. The molecule has 0 aromatic heterocycles. The van der Waals surface area contributed by atoms with Crippen LogP contribution >= 0.6 is 11.6 Å². The molecule has 0 N–H and O–H groups in total. The van der Waals surface area contributed by atoms with Gasteiger partial charge in [-0.15, -0.1) is 11.6 Å². The van der Waals surface area contributed by atoms with E-state index in [4.69, 9.17) is 16.3 Å². The highest BCUT2D eigenvalue weighted by Gasteiger charge is 2.03. The molecule has 0 fully saturated rings. The van der Waals surface area contributed by atoms with E-state index < -0.39 is 0 Å². The van der Waals surface area contributed by atoms with E-state index in [1.165, 1.54) is 6.92 Å². The number of halogens is 1. The van der Waals surface area contributed by atoms with Crippen LogP contribution in [0.2, 0.25) is 0 Å². The summed E-state index contributed by atoms with van der Waals surface area (Å²) in [6, 6.07) is 0. The Balaban J connectivity index is 3.22. The Morgan fingerprint density at radius 3 is 2.64 bits per heavy atom. The van der Waals surface area contributed by atoms with Gasteiger partial charge < -0.3 is 4.74 Å². The molecular formula is C8H15ClO2. The second-order valence-corrected chi connectivity index (χ2v) is 2.98. The summed E-state index contributed by atoms with van der Waals surface area (Å²) < 4.78 is 4.91. The number of ether oxygens (including phenoxy) is 1. The Morgan fingerprint density at radius 2 is 2.18 bits per heavy atom. The van der Waals surface area contributed by atoms with Gasteiger partial charge in [0.1, 0.15) is 0 Å². The van der Waals surface area contributed by atoms with Gasteiger partial charge in [0.05, 0.1) is 6.10 Å². The van der Waals surface area contributed by atoms with Crippen LogP contribution in [-0.4, -0.2) is 18.0 Å². The minimum atomic E-state index is -0.205. The zero-order valence-electron chi connectivity index (χ0n) is 7.10. The van der Waals surface area contributed by atoms with Gasteiger partial charge in [-0.3, -0.25) is 4.79 Å². The third kappa shape index (κ3) is 7.66. The lowest BCUT2D eigenvalue weighted by Crippen LogP contribution is -2.11. The van der Waals surface area contributed by atoms with E-state index in [2.05, 4.69) is 0 Å². The first-order valence-electron chi connectivity index (χ1n) is 3.90. The molecular weight excluding hydrogens is 164 g/mol. The highest BCUT2D eigenvalue weighted by molar-refractivity contribution is 6.17. The summed E-state index contributed by atoms with van der Waals surface area (Å²) in [7, 11) is 0. The molecule has 0 radical (unpaired) electrons. The molecule has 3 heteroatoms. The quantitative estimate of drug-likeness (QED) is 0.367. The van der Waals surface area contributed by atoms with Gasteiger partial charge in [-0.1, -0.05) is 0 Å². The molecule has 66 valence electrons. The van der Waals surface area contributed by atoms with Crippen molar-refractivity contribution < 1.29 is 9.53 Å². The minimum absolute atomic E-state index is 0.0377. The fourth-order valence-corrected chi connectivity index (χ4v) is 1.06. The van der Waals surface area contributed by atoms with Crippen molar-refractivity contribution in [3.8, 4) is 0 Å². The summed E-state index contributed by atoms with van der Waals surface area (Å²) in [4.78, 5) is 10.4. The van der Waals surface area contributed by atoms with Crippen LogP contribution in [0.4, 0.5) is 0 Å². The summed E-state index contributed by atoms with van der Waals surface area (Å²) in [5.41, 5.74) is 0. The van der Waals surface area contributed by atoms with Crippen molar-refractivity contribution >= 4 is 17.6 Å². The van der Waals surface area contributed by atoms with E-state index in [-0.39, 0.29) is 12.1 Å². The predicted molar refractivity (Wildman–Crippen MR) is 45.8 cm³/mol. The number of carbonyl (C=O) groups excluding carboxylic acids is 1. The highest BCUT2D eigenvalue weighted by Crippen LogP contribution is 2.04. The zero-order valence-corrected chi connectivity index (χ0v) is 7.86. The van der Waals surface area contributed by atoms with E-state index >= 15 is 0 Å². The average Bonchev–Trinajstić information content (AvgIpc) is 1.86. The summed E-state index contributed by atoms with van der Waals surface area (Å²) in [6.45, 7) is 3.33. The number of hydrogen-bond donors (Lipinski definition) is 0. The third-order valence-corrected chi connectivity index (χ3v) is 1.63. The molecule has 0 aliphatic heterocycles. The van der Waals surface area contributed by atoms with Gasteiger partial charge in [0.15, 0.2) is 0 Å². The number of hydrogen-bond acceptors (Lipinski definition) is 2. The molecule has 2 nitrogen and oxygen atoms in total. The number of rotatable bonds is 5. The fourth-order valence-electron chi connectivity index (χ4n) is 0.869. The molecule has 0 rings (SSSR count). The van der Waals surface area contributed by atoms with Crippen molar-refractivity contribution in [2.45, 2.75) is 39.2 Å². The topological polar surface area (TPSA) is 26.3 Å². The van der Waals surface area contributed by atoms with Gasteiger partial charge in [-0.25, -0.2) is 0 Å². The van der Waals surface area contributed by atoms with E-state index in [0.29, 0.717) is 5.88 Å². The smallest absolute Gasteiger partial charge is 0.302 e. The van der Waals surface area contributed by atoms with Crippen LogP contribution in [0.1, 0.15) is 33.1 Å². The van der Waals surface area contributed by atoms with Crippen molar-refractivity contribution in [2.24, 2.45) is 0 Å². The van der Waals surface area contributed by atoms with E-state index in [1.54, 1.807) is 0 Å². The first kappa shape index (κ1) is 10.8. The van der Waals surface area contributed by atoms with Gasteiger partial charge in [-0.05, 0) is 26.2 Å². The van der Waals surface area contributed by atoms with Crippen LogP contribution in [0.15, 0.2) is 0 Å². The Morgan fingerprint density at radius 1 is 1.55 bits per heavy atom. The molecule has 11 heavy (non-hydrogen) atoms. The van der Waals surface area contributed by atoms with Gasteiger partial charge in [0, 0.05) is 12.8 Å². The summed E-state index contributed by atoms with van der Waals surface area (Å²) in [5, 5.41) is 0. The maximum absolute atomic E-state index is 10.4. The Hall–Kier alpha value is -0.240. The number of carbonyl (C=O) groups is 1. The van der Waals surface area contributed by atoms with E-state index in [1.807, 2.05) is 6.92 Å². The van der Waals surface area contributed by atoms with Gasteiger partial charge in [-0.2, -0.15) is 0 Å². The normalized spacial score (nSPS) is 12.6. The van der Waals surface area contributed by atoms with Crippen LogP contribution in [0.25, 0.3) is 0 Å². The van der Waals surface area contributed by atoms with Gasteiger partial charge in [0.2, 0.25) is 0 Å². The van der Waals surface area contributed by atoms with Crippen LogP contribution in [0.5, 0.6) is 0 Å². The molecule has 0 bridgehead atoms. The van der Waals surface area contributed by atoms with Crippen molar-refractivity contribution in [1.29, 1.82) is 0 Å². The third-order valence-electron chi connectivity index (χ3n) is 1.36. The fraction of sp³-hybridized carbons (Fsp3) is 0.875. The lowest BCUT2D eigenvalue weighted by atomic mass is 10.2. The van der Waals surface area contributed by atoms with Crippen LogP contribution in [0.3, 0.4) is 0 Å². The molecule has 0 heterocycles. The molecule has 1 atom stereocenters. The van der Waals surface area contributed by atoms with Crippen molar-refractivity contribution in [3.05, 3.63) is 0 Å². The Kier molecular flexibility index (Phi) is 6.33. The van der Waals surface area contributed by atoms with Crippen LogP contribution in [0, 0.1) is 0 Å². The molecule has 0 aliphatic rings. The molecule has 0 saturated carbocycles. The maximum atomic E-state index is 10.4. The number of esters is 1. The average molecular weight is 179 g/mol. The standard InChI is InChI=1S/C8H15ClO2/c1-7(11-8(2)10)5-3-4-6-9/h7H,3-6H2,1-2H3/t7-/m0/s1. The second kappa shape index (κ2) is 6.47. The molecule has 0 saturated heterocycles. The van der Waals surface area contributed by atoms with E-state index in [0.717, 1.165) is 19.3 Å². The maximum Gasteiger partial charge on any atom is 0.302 e. The first-order chi connectivity index (χ1) is 5.16. The molecule has 0 aromatic rings. The van der Waals surface area contributed by atoms with E-state index in [9.17, 15) is 4.79 Å². The Bertz CT molecular complexity index is 115. The summed E-state index contributed by atoms with van der Waals surface area (Å²) >= 11 is 5.48. The number of alkyl halides is 1. The van der Waals surface area contributed by atoms with Crippen molar-refractivity contribution in [1.82, 2.24) is 0 Å². The largest absolute Gasteiger partial charge is 0.463 e.